The Morgan fingerprint density at radius 3 is 2.43 bits per heavy atom. The average Bonchev–Trinajstić information content (AvgIpc) is 2.63. The molecule has 108 valence electrons. The van der Waals surface area contributed by atoms with E-state index < -0.39 is 0 Å². The van der Waals surface area contributed by atoms with E-state index in [2.05, 4.69) is 16.4 Å². The van der Waals surface area contributed by atoms with Crippen LogP contribution in [-0.4, -0.2) is 4.98 Å². The van der Waals surface area contributed by atoms with Crippen LogP contribution in [0, 0.1) is 22.7 Å². The molecule has 0 spiro atoms. The van der Waals surface area contributed by atoms with Crippen LogP contribution in [0.15, 0.2) is 72.6 Å². The molecule has 23 heavy (non-hydrogen) atoms. The van der Waals surface area contributed by atoms with Gasteiger partial charge >= 0.3 is 0 Å². The van der Waals surface area contributed by atoms with Crippen molar-refractivity contribution in [2.45, 2.75) is 0 Å². The van der Waals surface area contributed by atoms with Crippen LogP contribution >= 0.6 is 0 Å². The number of aromatic nitrogens is 1. The third kappa shape index (κ3) is 3.18. The van der Waals surface area contributed by atoms with Crippen LogP contribution in [0.3, 0.4) is 0 Å². The van der Waals surface area contributed by atoms with Crippen LogP contribution in [0.4, 0.5) is 5.69 Å². The summed E-state index contributed by atoms with van der Waals surface area (Å²) in [5.41, 5.74) is 3.91. The van der Waals surface area contributed by atoms with Crippen LogP contribution in [0.2, 0.25) is 0 Å². The summed E-state index contributed by atoms with van der Waals surface area (Å²) in [5.74, 6) is 0. The van der Waals surface area contributed by atoms with Crippen molar-refractivity contribution in [1.29, 1.82) is 10.5 Å². The number of fused-ring (bicyclic) bond motifs is 1. The summed E-state index contributed by atoms with van der Waals surface area (Å²) in [6.45, 7) is 0. The van der Waals surface area contributed by atoms with Gasteiger partial charge in [0.05, 0.1) is 5.52 Å². The van der Waals surface area contributed by atoms with Crippen molar-refractivity contribution in [2.24, 2.45) is 0 Å². The average molecular weight is 296 g/mol. The molecule has 0 amide bonds. The van der Waals surface area contributed by atoms with Gasteiger partial charge in [-0.2, -0.15) is 10.5 Å². The monoisotopic (exact) mass is 296 g/mol. The Balaban J connectivity index is 1.85. The summed E-state index contributed by atoms with van der Waals surface area (Å²) < 4.78 is 0. The Hall–Kier alpha value is -3.63. The fourth-order valence-electron chi connectivity index (χ4n) is 2.23. The Bertz CT molecular complexity index is 941. The predicted octanol–water partition coefficient (Wildman–Crippen LogP) is 4.24. The molecule has 0 bridgehead atoms. The van der Waals surface area contributed by atoms with Crippen LogP contribution < -0.4 is 5.32 Å². The van der Waals surface area contributed by atoms with Gasteiger partial charge in [0.2, 0.25) is 0 Å². The number of nitrogens with one attached hydrogen (secondary N) is 1. The predicted molar refractivity (Wildman–Crippen MR) is 90.1 cm³/mol. The third-order valence-corrected chi connectivity index (χ3v) is 3.43. The van der Waals surface area contributed by atoms with Crippen LogP contribution in [-0.2, 0) is 0 Å². The van der Waals surface area contributed by atoms with Crippen molar-refractivity contribution in [2.75, 3.05) is 5.32 Å². The molecule has 4 heteroatoms. The molecular formula is C19H12N4. The summed E-state index contributed by atoms with van der Waals surface area (Å²) in [6, 6.07) is 21.4. The van der Waals surface area contributed by atoms with Crippen molar-refractivity contribution >= 4 is 16.6 Å². The summed E-state index contributed by atoms with van der Waals surface area (Å²) in [4.78, 5) is 4.46. The van der Waals surface area contributed by atoms with E-state index in [4.69, 9.17) is 10.5 Å². The molecule has 0 aliphatic carbocycles. The fraction of sp³-hybridized carbons (Fsp3) is 0. The van der Waals surface area contributed by atoms with E-state index in [9.17, 15) is 0 Å². The lowest BCUT2D eigenvalue weighted by atomic mass is 10.1. The molecule has 0 radical (unpaired) electrons. The summed E-state index contributed by atoms with van der Waals surface area (Å²) >= 11 is 0. The van der Waals surface area contributed by atoms with Crippen LogP contribution in [0.1, 0.15) is 0 Å². The molecule has 2 aromatic carbocycles. The minimum absolute atomic E-state index is 0.0350. The molecule has 3 rings (SSSR count). The molecule has 0 fully saturated rings. The number of pyridine rings is 1. The highest BCUT2D eigenvalue weighted by atomic mass is 14.8. The summed E-state index contributed by atoms with van der Waals surface area (Å²) in [5, 5.41) is 21.4. The molecule has 4 nitrogen and oxygen atoms in total. The number of hydrogen-bond acceptors (Lipinski definition) is 4. The van der Waals surface area contributed by atoms with Gasteiger partial charge in [0.25, 0.3) is 0 Å². The maximum Gasteiger partial charge on any atom is 0.145 e. The number of allylic oxidation sites excluding steroid dienone is 1. The molecule has 1 heterocycles. The van der Waals surface area contributed by atoms with E-state index in [-0.39, 0.29) is 5.57 Å². The first-order valence-electron chi connectivity index (χ1n) is 7.02. The zero-order valence-electron chi connectivity index (χ0n) is 12.2. The van der Waals surface area contributed by atoms with Gasteiger partial charge in [0.1, 0.15) is 17.7 Å². The van der Waals surface area contributed by atoms with E-state index in [1.165, 1.54) is 6.20 Å². The van der Waals surface area contributed by atoms with E-state index >= 15 is 0 Å². The molecule has 0 saturated heterocycles. The van der Waals surface area contributed by atoms with Crippen LogP contribution in [0.5, 0.6) is 0 Å². The SMILES string of the molecule is N#CC(C#N)=CNc1ccc(-c2cnc3ccccc3c2)cc1. The first kappa shape index (κ1) is 14.3. The van der Waals surface area contributed by atoms with E-state index in [1.54, 1.807) is 12.1 Å². The smallest absolute Gasteiger partial charge is 0.145 e. The lowest BCUT2D eigenvalue weighted by Gasteiger charge is -2.05. The quantitative estimate of drug-likeness (QED) is 0.733. The Labute approximate surface area is 133 Å². The fourth-order valence-corrected chi connectivity index (χ4v) is 2.23. The Kier molecular flexibility index (Phi) is 4.00. The van der Waals surface area contributed by atoms with E-state index in [0.29, 0.717) is 0 Å². The maximum atomic E-state index is 8.70. The first-order valence-corrected chi connectivity index (χ1v) is 7.02. The molecule has 1 N–H and O–H groups in total. The molecule has 0 aliphatic rings. The van der Waals surface area contributed by atoms with E-state index in [0.717, 1.165) is 27.7 Å². The van der Waals surface area contributed by atoms with Gasteiger partial charge in [-0.15, -0.1) is 0 Å². The second-order valence-corrected chi connectivity index (χ2v) is 4.92. The normalized spacial score (nSPS) is 9.65. The second kappa shape index (κ2) is 6.43. The number of nitriles is 2. The van der Waals surface area contributed by atoms with Crippen molar-refractivity contribution in [3.8, 4) is 23.3 Å². The molecule has 0 saturated carbocycles. The largest absolute Gasteiger partial charge is 0.360 e. The molecular weight excluding hydrogens is 284 g/mol. The molecule has 0 unspecified atom stereocenters. The van der Waals surface area contributed by atoms with Crippen LogP contribution in [0.25, 0.3) is 22.0 Å². The Morgan fingerprint density at radius 2 is 1.70 bits per heavy atom. The molecule has 1 aromatic heterocycles. The Morgan fingerprint density at radius 1 is 0.957 bits per heavy atom. The lowest BCUT2D eigenvalue weighted by molar-refractivity contribution is 1.41. The summed E-state index contributed by atoms with van der Waals surface area (Å²) in [6.07, 6.45) is 3.25. The van der Waals surface area contributed by atoms with E-state index in [1.807, 2.05) is 54.7 Å². The number of hydrogen-bond donors (Lipinski definition) is 1. The van der Waals surface area contributed by atoms with Gasteiger partial charge in [-0.05, 0) is 29.8 Å². The minimum Gasteiger partial charge on any atom is -0.360 e. The highest BCUT2D eigenvalue weighted by Crippen LogP contribution is 2.24. The van der Waals surface area contributed by atoms with Crippen molar-refractivity contribution < 1.29 is 0 Å². The van der Waals surface area contributed by atoms with Gasteiger partial charge in [0, 0.05) is 29.0 Å². The van der Waals surface area contributed by atoms with Gasteiger partial charge in [-0.1, -0.05) is 30.3 Å². The van der Waals surface area contributed by atoms with Gasteiger partial charge in [0.15, 0.2) is 0 Å². The number of rotatable bonds is 3. The van der Waals surface area contributed by atoms with Crippen molar-refractivity contribution in [3.05, 3.63) is 72.6 Å². The van der Waals surface area contributed by atoms with Gasteiger partial charge in [-0.25, -0.2) is 0 Å². The standard InChI is InChI=1S/C19H12N4/c20-10-14(11-21)12-22-18-7-5-15(6-8-18)17-9-16-3-1-2-4-19(16)23-13-17/h1-9,12-13,22H. The minimum atomic E-state index is 0.0350. The molecule has 3 aromatic rings. The van der Waals surface area contributed by atoms with Gasteiger partial charge in [-0.3, -0.25) is 4.98 Å². The molecule has 0 atom stereocenters. The second-order valence-electron chi connectivity index (χ2n) is 4.92. The van der Waals surface area contributed by atoms with Crippen molar-refractivity contribution in [1.82, 2.24) is 4.98 Å². The molecule has 0 aliphatic heterocycles. The number of nitrogens with zero attached hydrogens (tertiary/aromatic N) is 3. The third-order valence-electron chi connectivity index (χ3n) is 3.43. The topological polar surface area (TPSA) is 72.5 Å². The number of anilines is 1. The number of benzene rings is 2. The zero-order valence-corrected chi connectivity index (χ0v) is 12.2. The highest BCUT2D eigenvalue weighted by Gasteiger charge is 2.01. The maximum absolute atomic E-state index is 8.70. The number of para-hydroxylation sites is 1. The van der Waals surface area contributed by atoms with Crippen molar-refractivity contribution in [3.63, 3.8) is 0 Å². The lowest BCUT2D eigenvalue weighted by Crippen LogP contribution is -1.90. The highest BCUT2D eigenvalue weighted by molar-refractivity contribution is 5.83. The van der Waals surface area contributed by atoms with Gasteiger partial charge < -0.3 is 5.32 Å². The first-order chi connectivity index (χ1) is 11.3. The zero-order chi connectivity index (χ0) is 16.1. The summed E-state index contributed by atoms with van der Waals surface area (Å²) in [7, 11) is 0.